The summed E-state index contributed by atoms with van der Waals surface area (Å²) >= 11 is 0. The van der Waals surface area contributed by atoms with Crippen molar-refractivity contribution in [1.82, 2.24) is 30.8 Å². The molecule has 2 aliphatic carbocycles. The zero-order valence-electron chi connectivity index (χ0n) is 37.4. The quantitative estimate of drug-likeness (QED) is 0.0809. The highest BCUT2D eigenvalue weighted by Crippen LogP contribution is 2.36. The Balaban J connectivity index is 0.976. The number of carbonyl (C=O) groups excluding carboxylic acids is 2. The van der Waals surface area contributed by atoms with Gasteiger partial charge in [0.25, 0.3) is 0 Å². The lowest BCUT2D eigenvalue weighted by molar-refractivity contribution is 0.200. The Morgan fingerprint density at radius 2 is 1.12 bits per heavy atom. The molecule has 4 amide bonds. The number of hydrogen-bond donors (Lipinski definition) is 5. The topological polar surface area (TPSA) is 164 Å². The number of piperidine rings is 2. The number of nitrogens with zero attached hydrogens (tertiary/aromatic N) is 5. The fourth-order valence-electron chi connectivity index (χ4n) is 10.1. The molecule has 2 fully saturated rings. The molecule has 14 nitrogen and oxygen atoms in total. The van der Waals surface area contributed by atoms with Crippen molar-refractivity contribution < 1.29 is 18.0 Å². The standard InChI is InChI=1S/C51H58N10O4S/c1-66(64,65)31-30-59-28-24-39(25-29-59)54-51(63)61(41-15-19-45-37(33-41)13-21-49(56-45)58-47-17-11-35-7-3-5-9-43(35)47)60(50(62)53-38-22-26-52-27-23-38)40-14-18-44-36(32-40)12-20-48(55-44)57-46-16-10-34-6-2-4-8-42(34)46/h2-9,12-15,18-21,32-33,38-39,46-47,52H,10-11,16-17,22-31H2,1H3,(H,53,62)(H,54,63)(H,55,57)(H,56,58). The number of sulfone groups is 1. The molecule has 4 aliphatic rings. The molecule has 6 aromatic rings. The van der Waals surface area contributed by atoms with Gasteiger partial charge in [0.2, 0.25) is 0 Å². The molecule has 66 heavy (non-hydrogen) atoms. The first-order valence-corrected chi connectivity index (χ1v) is 25.5. The van der Waals surface area contributed by atoms with E-state index in [4.69, 9.17) is 9.97 Å². The van der Waals surface area contributed by atoms with Gasteiger partial charge in [-0.15, -0.1) is 0 Å². The Morgan fingerprint density at radius 1 is 0.636 bits per heavy atom. The average molecular weight is 907 g/mol. The SMILES string of the molecule is CS(=O)(=O)CCN1CCC(NC(=O)N(c2ccc3nc(NC4CCc5ccccc54)ccc3c2)N(C(=O)NC2CCNCC2)c2ccc3nc(NC4CCc5ccccc54)ccc3c2)CC1. The summed E-state index contributed by atoms with van der Waals surface area (Å²) in [5, 5.41) is 21.8. The van der Waals surface area contributed by atoms with Gasteiger partial charge in [-0.2, -0.15) is 10.0 Å². The number of aryl methyl sites for hydroxylation is 2. The van der Waals surface area contributed by atoms with Gasteiger partial charge in [-0.3, -0.25) is 0 Å². The van der Waals surface area contributed by atoms with Crippen LogP contribution in [0.4, 0.5) is 32.6 Å². The molecule has 10 rings (SSSR count). The third-order valence-electron chi connectivity index (χ3n) is 13.7. The van der Waals surface area contributed by atoms with Crippen molar-refractivity contribution in [3.63, 3.8) is 0 Å². The van der Waals surface area contributed by atoms with Crippen LogP contribution in [-0.4, -0.2) is 92.2 Å². The summed E-state index contributed by atoms with van der Waals surface area (Å²) in [6.07, 6.45) is 8.09. The van der Waals surface area contributed by atoms with Crippen molar-refractivity contribution in [3.8, 4) is 0 Å². The summed E-state index contributed by atoms with van der Waals surface area (Å²) < 4.78 is 23.8. The van der Waals surface area contributed by atoms with E-state index in [1.165, 1.54) is 38.5 Å². The number of anilines is 4. The number of benzene rings is 4. The van der Waals surface area contributed by atoms with Crippen LogP contribution in [0, 0.1) is 0 Å². The number of carbonyl (C=O) groups is 2. The van der Waals surface area contributed by atoms with Crippen LogP contribution in [0.25, 0.3) is 21.8 Å². The third-order valence-corrected chi connectivity index (χ3v) is 14.6. The van der Waals surface area contributed by atoms with E-state index >= 15 is 4.79 Å². The minimum absolute atomic E-state index is 0.0857. The largest absolute Gasteiger partial charge is 0.363 e. The molecule has 2 atom stereocenters. The predicted molar refractivity (Wildman–Crippen MR) is 263 cm³/mol. The van der Waals surface area contributed by atoms with E-state index in [0.29, 0.717) is 43.9 Å². The van der Waals surface area contributed by atoms with Crippen molar-refractivity contribution in [3.05, 3.63) is 131 Å². The maximum absolute atomic E-state index is 15.1. The second-order valence-electron chi connectivity index (χ2n) is 18.3. The van der Waals surface area contributed by atoms with Crippen LogP contribution in [-0.2, 0) is 22.7 Å². The van der Waals surface area contributed by atoms with Crippen LogP contribution in [0.2, 0.25) is 0 Å². The van der Waals surface area contributed by atoms with Crippen LogP contribution in [0.15, 0.2) is 109 Å². The van der Waals surface area contributed by atoms with Crippen LogP contribution >= 0.6 is 0 Å². The van der Waals surface area contributed by atoms with Crippen molar-refractivity contribution >= 4 is 66.7 Å². The lowest BCUT2D eigenvalue weighted by Gasteiger charge is -2.38. The molecule has 0 bridgehead atoms. The first kappa shape index (κ1) is 43.6. The molecule has 0 spiro atoms. The smallest absolute Gasteiger partial charge is 0.341 e. The van der Waals surface area contributed by atoms with E-state index < -0.39 is 21.9 Å². The van der Waals surface area contributed by atoms with E-state index in [1.807, 2.05) is 60.7 Å². The lowest BCUT2D eigenvalue weighted by atomic mass is 10.1. The van der Waals surface area contributed by atoms with E-state index in [9.17, 15) is 13.2 Å². The molecule has 4 heterocycles. The van der Waals surface area contributed by atoms with Crippen LogP contribution in [0.1, 0.15) is 72.9 Å². The number of pyridine rings is 2. The van der Waals surface area contributed by atoms with Gasteiger partial charge < -0.3 is 31.5 Å². The zero-order valence-corrected chi connectivity index (χ0v) is 38.2. The first-order valence-electron chi connectivity index (χ1n) is 23.4. The second kappa shape index (κ2) is 18.9. The molecule has 4 aromatic carbocycles. The predicted octanol–water partition coefficient (Wildman–Crippen LogP) is 7.89. The minimum atomic E-state index is -3.10. The van der Waals surface area contributed by atoms with Gasteiger partial charge in [0, 0.05) is 48.7 Å². The van der Waals surface area contributed by atoms with Gasteiger partial charge >= 0.3 is 12.1 Å². The maximum Gasteiger partial charge on any atom is 0.341 e. The van der Waals surface area contributed by atoms with Gasteiger partial charge in [-0.05, 0) is 147 Å². The highest BCUT2D eigenvalue weighted by molar-refractivity contribution is 7.90. The number of likely N-dealkylation sites (tertiary alicyclic amines) is 1. The molecule has 0 radical (unpaired) electrons. The number of fused-ring (bicyclic) bond motifs is 4. The summed E-state index contributed by atoms with van der Waals surface area (Å²) in [6, 6.07) is 35.6. The number of amides is 4. The van der Waals surface area contributed by atoms with E-state index in [2.05, 4.69) is 80.0 Å². The summed E-state index contributed by atoms with van der Waals surface area (Å²) in [6.45, 7) is 3.31. The molecule has 2 saturated heterocycles. The number of urea groups is 2. The van der Waals surface area contributed by atoms with Crippen LogP contribution in [0.3, 0.4) is 0 Å². The fourth-order valence-corrected chi connectivity index (χ4v) is 10.7. The molecule has 2 aromatic heterocycles. The molecular weight excluding hydrogens is 849 g/mol. The molecule has 2 aliphatic heterocycles. The Morgan fingerprint density at radius 3 is 1.62 bits per heavy atom. The highest BCUT2D eigenvalue weighted by Gasteiger charge is 2.34. The van der Waals surface area contributed by atoms with Gasteiger partial charge in [-0.25, -0.2) is 28.0 Å². The van der Waals surface area contributed by atoms with Gasteiger partial charge in [0.05, 0.1) is 40.2 Å². The molecule has 15 heteroatoms. The Kier molecular flexibility index (Phi) is 12.5. The summed E-state index contributed by atoms with van der Waals surface area (Å²) in [5.74, 6) is 1.64. The molecular formula is C51H58N10O4S. The number of hydrazine groups is 1. The zero-order chi connectivity index (χ0) is 45.2. The van der Waals surface area contributed by atoms with Crippen molar-refractivity contribution in [1.29, 1.82) is 0 Å². The molecule has 342 valence electrons. The van der Waals surface area contributed by atoms with Crippen molar-refractivity contribution in [2.24, 2.45) is 0 Å². The number of nitrogens with one attached hydrogen (secondary N) is 5. The fraction of sp³-hybridized carbons (Fsp3) is 0.373. The molecule has 2 unspecified atom stereocenters. The van der Waals surface area contributed by atoms with Gasteiger partial charge in [0.1, 0.15) is 21.5 Å². The monoisotopic (exact) mass is 906 g/mol. The van der Waals surface area contributed by atoms with Gasteiger partial charge in [-0.1, -0.05) is 48.5 Å². The Labute approximate surface area is 386 Å². The average Bonchev–Trinajstić information content (AvgIpc) is 3.93. The first-order chi connectivity index (χ1) is 32.1. The number of rotatable bonds is 11. The highest BCUT2D eigenvalue weighted by atomic mass is 32.2. The minimum Gasteiger partial charge on any atom is -0.363 e. The van der Waals surface area contributed by atoms with E-state index in [0.717, 1.165) is 85.1 Å². The van der Waals surface area contributed by atoms with Crippen molar-refractivity contribution in [2.75, 3.05) is 65.4 Å². The Hall–Kier alpha value is -6.29. The third kappa shape index (κ3) is 9.79. The van der Waals surface area contributed by atoms with Crippen LogP contribution in [0.5, 0.6) is 0 Å². The lowest BCUT2D eigenvalue weighted by Crippen LogP contribution is -2.60. The summed E-state index contributed by atoms with van der Waals surface area (Å²) in [5.41, 5.74) is 7.84. The van der Waals surface area contributed by atoms with E-state index in [-0.39, 0.29) is 29.9 Å². The van der Waals surface area contributed by atoms with Crippen LogP contribution < -0.4 is 36.6 Å². The summed E-state index contributed by atoms with van der Waals surface area (Å²) in [4.78, 5) is 42.1. The normalized spacial score (nSPS) is 19.0. The number of aromatic nitrogens is 2. The van der Waals surface area contributed by atoms with E-state index in [1.54, 1.807) is 0 Å². The Bertz CT molecular complexity index is 2860. The number of hydrogen-bond acceptors (Lipinski definition) is 10. The summed E-state index contributed by atoms with van der Waals surface area (Å²) in [7, 11) is -3.10. The molecule has 0 saturated carbocycles. The second-order valence-corrected chi connectivity index (χ2v) is 20.6. The maximum atomic E-state index is 15.1. The molecule has 5 N–H and O–H groups in total. The van der Waals surface area contributed by atoms with Crippen molar-refractivity contribution in [2.45, 2.75) is 75.5 Å². The van der Waals surface area contributed by atoms with Gasteiger partial charge in [0.15, 0.2) is 0 Å².